The van der Waals surface area contributed by atoms with Crippen LogP contribution in [0.2, 0.25) is 0 Å². The van der Waals surface area contributed by atoms with Crippen LogP contribution in [0.1, 0.15) is 96.8 Å². The van der Waals surface area contributed by atoms with Gasteiger partial charge in [0.15, 0.2) is 0 Å². The van der Waals surface area contributed by atoms with E-state index in [1.54, 1.807) is 0 Å². The van der Waals surface area contributed by atoms with Gasteiger partial charge in [-0.3, -0.25) is 0 Å². The standard InChI is InChI=1S/C19H37N2O/c1-2-3-4-5-6-7-8-9-10-13-16-20-19(22)21-17-14-11-12-15-18-21/h2-18H2,1H3. The molecule has 3 nitrogen and oxygen atoms in total. The lowest BCUT2D eigenvalue weighted by Crippen LogP contribution is -2.37. The van der Waals surface area contributed by atoms with E-state index in [1.807, 2.05) is 4.90 Å². The smallest absolute Gasteiger partial charge is 0.323 e. The van der Waals surface area contributed by atoms with Gasteiger partial charge in [0, 0.05) is 19.6 Å². The van der Waals surface area contributed by atoms with Crippen LogP contribution in [0.15, 0.2) is 0 Å². The van der Waals surface area contributed by atoms with E-state index in [0.717, 1.165) is 38.9 Å². The number of nitrogens with zero attached hydrogens (tertiary/aromatic N) is 2. The second-order valence-corrected chi connectivity index (χ2v) is 6.75. The van der Waals surface area contributed by atoms with E-state index in [0.29, 0.717) is 0 Å². The fraction of sp³-hybridized carbons (Fsp3) is 0.947. The summed E-state index contributed by atoms with van der Waals surface area (Å²) >= 11 is 0. The molecule has 1 heterocycles. The Balaban J connectivity index is 1.85. The van der Waals surface area contributed by atoms with E-state index in [4.69, 9.17) is 0 Å². The topological polar surface area (TPSA) is 34.4 Å². The average Bonchev–Trinajstić information content (AvgIpc) is 2.81. The molecule has 0 unspecified atom stereocenters. The minimum absolute atomic E-state index is 0.0397. The first-order valence-electron chi connectivity index (χ1n) is 9.81. The molecule has 0 aromatic rings. The Morgan fingerprint density at radius 2 is 1.27 bits per heavy atom. The van der Waals surface area contributed by atoms with Gasteiger partial charge in [0.1, 0.15) is 0 Å². The number of amides is 2. The zero-order chi connectivity index (χ0) is 15.9. The van der Waals surface area contributed by atoms with Crippen molar-refractivity contribution in [3.8, 4) is 0 Å². The Morgan fingerprint density at radius 3 is 1.82 bits per heavy atom. The summed E-state index contributed by atoms with van der Waals surface area (Å²) in [5.74, 6) is 0. The molecular formula is C19H37N2O. The first-order valence-corrected chi connectivity index (χ1v) is 9.81. The summed E-state index contributed by atoms with van der Waals surface area (Å²) in [6.07, 6.45) is 18.1. The highest BCUT2D eigenvalue weighted by Gasteiger charge is 2.15. The number of urea groups is 1. The lowest BCUT2D eigenvalue weighted by Gasteiger charge is -2.19. The van der Waals surface area contributed by atoms with Crippen molar-refractivity contribution in [2.75, 3.05) is 19.6 Å². The van der Waals surface area contributed by atoms with Gasteiger partial charge in [0.2, 0.25) is 0 Å². The molecule has 1 aliphatic heterocycles. The number of rotatable bonds is 11. The van der Waals surface area contributed by atoms with Crippen molar-refractivity contribution in [2.45, 2.75) is 96.8 Å². The van der Waals surface area contributed by atoms with E-state index >= 15 is 0 Å². The predicted molar refractivity (Wildman–Crippen MR) is 94.3 cm³/mol. The first-order chi connectivity index (χ1) is 10.8. The fourth-order valence-corrected chi connectivity index (χ4v) is 3.14. The summed E-state index contributed by atoms with van der Waals surface area (Å²) < 4.78 is 0. The number of hydrogen-bond acceptors (Lipinski definition) is 1. The molecule has 1 rings (SSSR count). The van der Waals surface area contributed by atoms with Crippen LogP contribution in [-0.4, -0.2) is 30.6 Å². The van der Waals surface area contributed by atoms with Crippen LogP contribution in [0.3, 0.4) is 0 Å². The highest BCUT2D eigenvalue weighted by molar-refractivity contribution is 5.73. The van der Waals surface area contributed by atoms with Crippen molar-refractivity contribution in [3.05, 3.63) is 0 Å². The summed E-state index contributed by atoms with van der Waals surface area (Å²) in [5, 5.41) is 4.24. The third kappa shape index (κ3) is 10.1. The van der Waals surface area contributed by atoms with Crippen LogP contribution >= 0.6 is 0 Å². The Kier molecular flexibility index (Phi) is 12.2. The molecule has 0 aliphatic carbocycles. The zero-order valence-electron chi connectivity index (χ0n) is 14.8. The van der Waals surface area contributed by atoms with Crippen molar-refractivity contribution in [3.63, 3.8) is 0 Å². The summed E-state index contributed by atoms with van der Waals surface area (Å²) in [7, 11) is 0. The van der Waals surface area contributed by atoms with Crippen LogP contribution in [0.25, 0.3) is 0 Å². The van der Waals surface area contributed by atoms with E-state index in [1.165, 1.54) is 70.6 Å². The monoisotopic (exact) mass is 309 g/mol. The second-order valence-electron chi connectivity index (χ2n) is 6.75. The zero-order valence-corrected chi connectivity index (χ0v) is 14.8. The largest absolute Gasteiger partial charge is 0.338 e. The third-order valence-electron chi connectivity index (χ3n) is 4.64. The van der Waals surface area contributed by atoms with E-state index in [2.05, 4.69) is 12.2 Å². The number of carbonyl (C=O) groups is 1. The van der Waals surface area contributed by atoms with Gasteiger partial charge in [-0.25, -0.2) is 10.1 Å². The summed E-state index contributed by atoms with van der Waals surface area (Å²) in [6.45, 7) is 4.83. The molecule has 1 aliphatic rings. The van der Waals surface area contributed by atoms with Crippen LogP contribution in [0.5, 0.6) is 0 Å². The maximum Gasteiger partial charge on any atom is 0.338 e. The van der Waals surface area contributed by atoms with Gasteiger partial charge in [-0.2, -0.15) is 0 Å². The Hall–Kier alpha value is -0.730. The predicted octanol–water partition coefficient (Wildman–Crippen LogP) is 5.51. The minimum Gasteiger partial charge on any atom is -0.323 e. The Labute approximate surface area is 138 Å². The molecule has 2 amide bonds. The van der Waals surface area contributed by atoms with Crippen molar-refractivity contribution in [1.29, 1.82) is 0 Å². The molecular weight excluding hydrogens is 272 g/mol. The van der Waals surface area contributed by atoms with E-state index in [-0.39, 0.29) is 6.03 Å². The highest BCUT2D eigenvalue weighted by Crippen LogP contribution is 2.11. The molecule has 1 radical (unpaired) electrons. The first kappa shape index (κ1) is 19.3. The Morgan fingerprint density at radius 1 is 0.773 bits per heavy atom. The van der Waals surface area contributed by atoms with Gasteiger partial charge in [-0.05, 0) is 19.3 Å². The van der Waals surface area contributed by atoms with E-state index in [9.17, 15) is 4.79 Å². The molecule has 0 saturated carbocycles. The normalized spacial score (nSPS) is 15.6. The van der Waals surface area contributed by atoms with Gasteiger partial charge in [0.05, 0.1) is 0 Å². The molecule has 0 atom stereocenters. The number of carbonyl (C=O) groups excluding carboxylic acids is 1. The molecule has 1 fully saturated rings. The lowest BCUT2D eigenvalue weighted by atomic mass is 10.1. The van der Waals surface area contributed by atoms with Gasteiger partial charge >= 0.3 is 6.03 Å². The number of likely N-dealkylation sites (tertiary alicyclic amines) is 1. The molecule has 0 aromatic heterocycles. The SMILES string of the molecule is CCCCCCCCCCCC[N]C(=O)N1CCCCCC1. The molecule has 3 heteroatoms. The quantitative estimate of drug-likeness (QED) is 0.463. The maximum absolute atomic E-state index is 12.0. The van der Waals surface area contributed by atoms with Crippen molar-refractivity contribution >= 4 is 6.03 Å². The van der Waals surface area contributed by atoms with Gasteiger partial charge in [0.25, 0.3) is 0 Å². The molecule has 0 N–H and O–H groups in total. The average molecular weight is 310 g/mol. The highest BCUT2D eigenvalue weighted by atomic mass is 16.2. The molecule has 1 saturated heterocycles. The summed E-state index contributed by atoms with van der Waals surface area (Å²) in [5.41, 5.74) is 0. The summed E-state index contributed by atoms with van der Waals surface area (Å²) in [6, 6.07) is 0.0397. The van der Waals surface area contributed by atoms with Crippen LogP contribution in [-0.2, 0) is 0 Å². The van der Waals surface area contributed by atoms with Gasteiger partial charge < -0.3 is 4.90 Å². The fourth-order valence-electron chi connectivity index (χ4n) is 3.14. The van der Waals surface area contributed by atoms with Crippen molar-refractivity contribution in [1.82, 2.24) is 10.2 Å². The maximum atomic E-state index is 12.0. The lowest BCUT2D eigenvalue weighted by molar-refractivity contribution is 0.198. The molecule has 22 heavy (non-hydrogen) atoms. The van der Waals surface area contributed by atoms with Crippen LogP contribution in [0, 0.1) is 0 Å². The van der Waals surface area contributed by atoms with Crippen LogP contribution < -0.4 is 5.32 Å². The molecule has 129 valence electrons. The van der Waals surface area contributed by atoms with Gasteiger partial charge in [-0.15, -0.1) is 0 Å². The number of unbranched alkanes of at least 4 members (excludes halogenated alkanes) is 9. The van der Waals surface area contributed by atoms with E-state index < -0.39 is 0 Å². The molecule has 0 bridgehead atoms. The number of hydrogen-bond donors (Lipinski definition) is 0. The second kappa shape index (κ2) is 13.9. The third-order valence-corrected chi connectivity index (χ3v) is 4.64. The Bertz CT molecular complexity index is 260. The van der Waals surface area contributed by atoms with Crippen molar-refractivity contribution in [2.24, 2.45) is 0 Å². The molecule has 0 spiro atoms. The minimum atomic E-state index is 0.0397. The van der Waals surface area contributed by atoms with Gasteiger partial charge in [-0.1, -0.05) is 77.6 Å². The summed E-state index contributed by atoms with van der Waals surface area (Å²) in [4.78, 5) is 13.9. The molecule has 0 aromatic carbocycles. The van der Waals surface area contributed by atoms with Crippen LogP contribution in [0.4, 0.5) is 4.79 Å². The van der Waals surface area contributed by atoms with Crippen molar-refractivity contribution < 1.29 is 4.79 Å².